The number of pyridine rings is 1. The smallest absolute Gasteiger partial charge is 0.252 e. The second-order valence-corrected chi connectivity index (χ2v) is 5.16. The molecule has 2 rings (SSSR count). The average molecular weight is 299 g/mol. The lowest BCUT2D eigenvalue weighted by Gasteiger charge is -2.13. The van der Waals surface area contributed by atoms with E-state index in [2.05, 4.69) is 31.1 Å². The second kappa shape index (κ2) is 5.01. The molecule has 1 aromatic rings. The van der Waals surface area contributed by atoms with Gasteiger partial charge in [-0.05, 0) is 42.0 Å². The minimum atomic E-state index is -0.105. The number of amides is 1. The van der Waals surface area contributed by atoms with Crippen molar-refractivity contribution in [3.63, 3.8) is 0 Å². The summed E-state index contributed by atoms with van der Waals surface area (Å²) in [6, 6.07) is 1.80. The van der Waals surface area contributed by atoms with Crippen LogP contribution in [0.3, 0.4) is 0 Å². The molecular weight excluding hydrogens is 284 g/mol. The van der Waals surface area contributed by atoms with E-state index in [4.69, 9.17) is 5.73 Å². The topological polar surface area (TPSA) is 71.2 Å². The second-order valence-electron chi connectivity index (χ2n) is 4.31. The van der Waals surface area contributed by atoms with E-state index in [1.54, 1.807) is 12.3 Å². The number of likely N-dealkylation sites (tertiary alicyclic amines) is 1. The molecule has 1 unspecified atom stereocenters. The lowest BCUT2D eigenvalue weighted by atomic mass is 10.2. The van der Waals surface area contributed by atoms with Crippen molar-refractivity contribution in [2.45, 2.75) is 12.5 Å². The van der Waals surface area contributed by atoms with Crippen LogP contribution in [0.2, 0.25) is 0 Å². The average Bonchev–Trinajstić information content (AvgIpc) is 2.67. The van der Waals surface area contributed by atoms with Gasteiger partial charge in [-0.25, -0.2) is 4.98 Å². The standard InChI is InChI=1S/C11H15BrN4O/c1-16-3-2-7(6-16)15-11(17)8-4-10(13)14-5-9(8)12/h4-5,7H,2-3,6H2,1H3,(H2,13,14)(H,15,17). The maximum atomic E-state index is 12.0. The Morgan fingerprint density at radius 2 is 2.47 bits per heavy atom. The van der Waals surface area contributed by atoms with E-state index in [-0.39, 0.29) is 11.9 Å². The zero-order valence-corrected chi connectivity index (χ0v) is 11.2. The first-order valence-corrected chi connectivity index (χ1v) is 6.26. The highest BCUT2D eigenvalue weighted by Crippen LogP contribution is 2.18. The van der Waals surface area contributed by atoms with E-state index >= 15 is 0 Å². The molecule has 2 heterocycles. The molecule has 0 spiro atoms. The molecule has 0 bridgehead atoms. The quantitative estimate of drug-likeness (QED) is 0.849. The molecule has 92 valence electrons. The Hall–Kier alpha value is -1.14. The van der Waals surface area contributed by atoms with Gasteiger partial charge in [-0.3, -0.25) is 4.79 Å². The number of anilines is 1. The monoisotopic (exact) mass is 298 g/mol. The highest BCUT2D eigenvalue weighted by Gasteiger charge is 2.22. The van der Waals surface area contributed by atoms with Crippen LogP contribution in [0, 0.1) is 0 Å². The molecule has 1 atom stereocenters. The van der Waals surface area contributed by atoms with E-state index in [0.29, 0.717) is 15.9 Å². The van der Waals surface area contributed by atoms with Gasteiger partial charge in [0.15, 0.2) is 0 Å². The summed E-state index contributed by atoms with van der Waals surface area (Å²) in [4.78, 5) is 18.1. The number of carbonyl (C=O) groups is 1. The lowest BCUT2D eigenvalue weighted by Crippen LogP contribution is -2.36. The Morgan fingerprint density at radius 1 is 1.71 bits per heavy atom. The summed E-state index contributed by atoms with van der Waals surface area (Å²) in [6.45, 7) is 1.91. The van der Waals surface area contributed by atoms with Crippen molar-refractivity contribution < 1.29 is 4.79 Å². The number of nitrogens with two attached hydrogens (primary N) is 1. The van der Waals surface area contributed by atoms with Gasteiger partial charge < -0.3 is 16.0 Å². The van der Waals surface area contributed by atoms with Gasteiger partial charge in [0.25, 0.3) is 5.91 Å². The highest BCUT2D eigenvalue weighted by molar-refractivity contribution is 9.10. The fourth-order valence-electron chi connectivity index (χ4n) is 1.94. The SMILES string of the molecule is CN1CCC(NC(=O)c2cc(N)ncc2Br)C1. The van der Waals surface area contributed by atoms with Crippen molar-refractivity contribution in [2.24, 2.45) is 0 Å². The van der Waals surface area contributed by atoms with Crippen LogP contribution in [0.25, 0.3) is 0 Å². The van der Waals surface area contributed by atoms with Crippen LogP contribution < -0.4 is 11.1 Å². The Balaban J connectivity index is 2.06. The molecular formula is C11H15BrN4O. The molecule has 5 nitrogen and oxygen atoms in total. The molecule has 1 aliphatic rings. The fourth-order valence-corrected chi connectivity index (χ4v) is 2.34. The van der Waals surface area contributed by atoms with Crippen molar-refractivity contribution >= 4 is 27.7 Å². The third kappa shape index (κ3) is 2.95. The number of aromatic nitrogens is 1. The molecule has 17 heavy (non-hydrogen) atoms. The largest absolute Gasteiger partial charge is 0.384 e. The van der Waals surface area contributed by atoms with Gasteiger partial charge in [-0.2, -0.15) is 0 Å². The van der Waals surface area contributed by atoms with Crippen molar-refractivity contribution in [2.75, 3.05) is 25.9 Å². The van der Waals surface area contributed by atoms with Crippen molar-refractivity contribution in [3.05, 3.63) is 22.3 Å². The molecule has 0 aromatic carbocycles. The predicted molar refractivity (Wildman–Crippen MR) is 69.7 cm³/mol. The molecule has 1 amide bonds. The molecule has 1 aromatic heterocycles. The van der Waals surface area contributed by atoms with Gasteiger partial charge in [0.1, 0.15) is 5.82 Å². The van der Waals surface area contributed by atoms with E-state index in [0.717, 1.165) is 19.5 Å². The molecule has 1 saturated heterocycles. The molecule has 0 radical (unpaired) electrons. The fraction of sp³-hybridized carbons (Fsp3) is 0.455. The molecule has 0 saturated carbocycles. The van der Waals surface area contributed by atoms with E-state index in [9.17, 15) is 4.79 Å². The third-order valence-electron chi connectivity index (χ3n) is 2.85. The van der Waals surface area contributed by atoms with E-state index in [1.165, 1.54) is 0 Å². The summed E-state index contributed by atoms with van der Waals surface area (Å²) in [5.74, 6) is 0.244. The predicted octanol–water partition coefficient (Wildman–Crippen LogP) is 0.860. The van der Waals surface area contributed by atoms with Crippen LogP contribution in [0.1, 0.15) is 16.8 Å². The van der Waals surface area contributed by atoms with Crippen molar-refractivity contribution in [1.29, 1.82) is 0 Å². The Labute approximate surface area is 109 Å². The van der Waals surface area contributed by atoms with Crippen LogP contribution in [-0.2, 0) is 0 Å². The van der Waals surface area contributed by atoms with Crippen molar-refractivity contribution in [1.82, 2.24) is 15.2 Å². The number of nitrogens with one attached hydrogen (secondary N) is 1. The highest BCUT2D eigenvalue weighted by atomic mass is 79.9. The first-order chi connectivity index (χ1) is 8.06. The molecule has 1 fully saturated rings. The van der Waals surface area contributed by atoms with Crippen molar-refractivity contribution in [3.8, 4) is 0 Å². The van der Waals surface area contributed by atoms with Gasteiger partial charge >= 0.3 is 0 Å². The Morgan fingerprint density at radius 3 is 3.12 bits per heavy atom. The minimum absolute atomic E-state index is 0.105. The van der Waals surface area contributed by atoms with Crippen LogP contribution >= 0.6 is 15.9 Å². The van der Waals surface area contributed by atoms with Crippen LogP contribution in [0.4, 0.5) is 5.82 Å². The maximum absolute atomic E-state index is 12.0. The number of halogens is 1. The molecule has 1 aliphatic heterocycles. The van der Waals surface area contributed by atoms with Gasteiger partial charge in [0, 0.05) is 23.3 Å². The third-order valence-corrected chi connectivity index (χ3v) is 3.48. The lowest BCUT2D eigenvalue weighted by molar-refractivity contribution is 0.0937. The first-order valence-electron chi connectivity index (χ1n) is 5.46. The molecule has 3 N–H and O–H groups in total. The van der Waals surface area contributed by atoms with Crippen LogP contribution in [0.15, 0.2) is 16.7 Å². The van der Waals surface area contributed by atoms with Gasteiger partial charge in [-0.15, -0.1) is 0 Å². The number of nitrogen functional groups attached to an aromatic ring is 1. The Kier molecular flexibility index (Phi) is 3.63. The summed E-state index contributed by atoms with van der Waals surface area (Å²) < 4.78 is 0.663. The van der Waals surface area contributed by atoms with E-state index < -0.39 is 0 Å². The summed E-state index contributed by atoms with van der Waals surface area (Å²) in [7, 11) is 2.05. The number of rotatable bonds is 2. The normalized spacial score (nSPS) is 20.5. The van der Waals surface area contributed by atoms with Gasteiger partial charge in [-0.1, -0.05) is 0 Å². The number of nitrogens with zero attached hydrogens (tertiary/aromatic N) is 2. The minimum Gasteiger partial charge on any atom is -0.384 e. The number of likely N-dealkylation sites (N-methyl/N-ethyl adjacent to an activating group) is 1. The Bertz CT molecular complexity index is 437. The van der Waals surface area contributed by atoms with E-state index in [1.807, 2.05) is 7.05 Å². The number of hydrogen-bond acceptors (Lipinski definition) is 4. The zero-order chi connectivity index (χ0) is 12.4. The number of carbonyl (C=O) groups excluding carboxylic acids is 1. The zero-order valence-electron chi connectivity index (χ0n) is 9.61. The van der Waals surface area contributed by atoms with Gasteiger partial charge in [0.05, 0.1) is 5.56 Å². The summed E-state index contributed by atoms with van der Waals surface area (Å²) in [6.07, 6.45) is 2.53. The van der Waals surface area contributed by atoms with Crippen LogP contribution in [0.5, 0.6) is 0 Å². The summed E-state index contributed by atoms with van der Waals surface area (Å²) in [5, 5.41) is 3.00. The summed E-state index contributed by atoms with van der Waals surface area (Å²) >= 11 is 3.30. The maximum Gasteiger partial charge on any atom is 0.252 e. The summed E-state index contributed by atoms with van der Waals surface area (Å²) in [5.41, 5.74) is 6.11. The van der Waals surface area contributed by atoms with Crippen LogP contribution in [-0.4, -0.2) is 42.0 Å². The molecule has 0 aliphatic carbocycles. The first kappa shape index (κ1) is 12.3. The molecule has 6 heteroatoms. The number of hydrogen-bond donors (Lipinski definition) is 2. The van der Waals surface area contributed by atoms with Gasteiger partial charge in [0.2, 0.25) is 0 Å².